The van der Waals surface area contributed by atoms with E-state index in [4.69, 9.17) is 10.5 Å². The highest BCUT2D eigenvalue weighted by atomic mass is 16.5. The largest absolute Gasteiger partial charge is 0.473 e. The molecule has 0 fully saturated rings. The number of anilines is 1. The fraction of sp³-hybridized carbons (Fsp3) is 0.200. The van der Waals surface area contributed by atoms with Crippen LogP contribution in [0.2, 0.25) is 0 Å². The van der Waals surface area contributed by atoms with Crippen LogP contribution in [0.15, 0.2) is 42.5 Å². The predicted octanol–water partition coefficient (Wildman–Crippen LogP) is 2.71. The number of ether oxygens (including phenoxy) is 1. The van der Waals surface area contributed by atoms with E-state index in [1.807, 2.05) is 49.4 Å². The van der Waals surface area contributed by atoms with E-state index in [9.17, 15) is 0 Å². The Labute approximate surface area is 113 Å². The molecule has 2 rings (SSSR count). The summed E-state index contributed by atoms with van der Waals surface area (Å²) < 4.78 is 5.53. The molecule has 1 aromatic heterocycles. The number of hydrogen-bond donors (Lipinski definition) is 1. The lowest BCUT2D eigenvalue weighted by Gasteiger charge is -2.04. The van der Waals surface area contributed by atoms with Crippen molar-refractivity contribution in [3.8, 4) is 5.88 Å². The van der Waals surface area contributed by atoms with Gasteiger partial charge in [-0.25, -0.2) is 4.98 Å². The van der Waals surface area contributed by atoms with Crippen molar-refractivity contribution in [3.05, 3.63) is 53.9 Å². The summed E-state index contributed by atoms with van der Waals surface area (Å²) >= 11 is 0. The average Bonchev–Trinajstić information content (AvgIpc) is 2.44. The molecular formula is C15H17N3O. The van der Waals surface area contributed by atoms with Gasteiger partial charge in [-0.3, -0.25) is 0 Å². The Balaban J connectivity index is 1.92. The van der Waals surface area contributed by atoms with Crippen LogP contribution in [0.25, 0.3) is 6.08 Å². The minimum absolute atomic E-state index is 0.439. The van der Waals surface area contributed by atoms with Crippen molar-refractivity contribution in [2.75, 3.05) is 12.3 Å². The van der Waals surface area contributed by atoms with Crippen molar-refractivity contribution in [1.29, 1.82) is 0 Å². The maximum absolute atomic E-state index is 5.68. The van der Waals surface area contributed by atoms with Crippen LogP contribution in [0.4, 0.5) is 5.82 Å². The lowest BCUT2D eigenvalue weighted by Crippen LogP contribution is -2.03. The minimum atomic E-state index is 0.439. The van der Waals surface area contributed by atoms with Crippen molar-refractivity contribution in [2.24, 2.45) is 0 Å². The number of benzene rings is 1. The molecule has 4 nitrogen and oxygen atoms in total. The molecule has 1 heterocycles. The zero-order valence-corrected chi connectivity index (χ0v) is 10.9. The van der Waals surface area contributed by atoms with Crippen LogP contribution in [-0.2, 0) is 6.42 Å². The van der Waals surface area contributed by atoms with Gasteiger partial charge >= 0.3 is 0 Å². The van der Waals surface area contributed by atoms with Crippen molar-refractivity contribution in [2.45, 2.75) is 13.3 Å². The van der Waals surface area contributed by atoms with Gasteiger partial charge in [-0.15, -0.1) is 0 Å². The molecule has 0 aliphatic carbocycles. The molecule has 0 spiro atoms. The lowest BCUT2D eigenvalue weighted by molar-refractivity contribution is 0.347. The second-order valence-corrected chi connectivity index (χ2v) is 4.02. The molecule has 4 heteroatoms. The molecule has 19 heavy (non-hydrogen) atoms. The van der Waals surface area contributed by atoms with Crippen LogP contribution in [-0.4, -0.2) is 16.6 Å². The molecular weight excluding hydrogens is 238 g/mol. The summed E-state index contributed by atoms with van der Waals surface area (Å²) in [7, 11) is 0. The molecule has 0 aliphatic heterocycles. The summed E-state index contributed by atoms with van der Waals surface area (Å²) in [6, 6.07) is 11.7. The fourth-order valence-corrected chi connectivity index (χ4v) is 1.61. The first-order valence-electron chi connectivity index (χ1n) is 6.25. The summed E-state index contributed by atoms with van der Waals surface area (Å²) in [4.78, 5) is 8.35. The molecule has 1 aromatic carbocycles. The maximum Gasteiger partial charge on any atom is 0.219 e. The topological polar surface area (TPSA) is 61.0 Å². The first kappa shape index (κ1) is 13.1. The monoisotopic (exact) mass is 255 g/mol. The normalized spacial score (nSPS) is 10.8. The van der Waals surface area contributed by atoms with Gasteiger partial charge in [0.05, 0.1) is 0 Å². The Morgan fingerprint density at radius 2 is 2.00 bits per heavy atom. The molecule has 0 bridgehead atoms. The van der Waals surface area contributed by atoms with Gasteiger partial charge in [0.1, 0.15) is 18.2 Å². The number of rotatable bonds is 5. The van der Waals surface area contributed by atoms with E-state index in [2.05, 4.69) is 9.97 Å². The minimum Gasteiger partial charge on any atom is -0.473 e. The van der Waals surface area contributed by atoms with Gasteiger partial charge in [-0.05, 0) is 11.6 Å². The Morgan fingerprint density at radius 1 is 1.21 bits per heavy atom. The van der Waals surface area contributed by atoms with Gasteiger partial charge in [-0.2, -0.15) is 4.98 Å². The first-order valence-corrected chi connectivity index (χ1v) is 6.25. The van der Waals surface area contributed by atoms with E-state index in [0.29, 0.717) is 24.1 Å². The van der Waals surface area contributed by atoms with E-state index in [-0.39, 0.29) is 0 Å². The Morgan fingerprint density at radius 3 is 2.74 bits per heavy atom. The average molecular weight is 255 g/mol. The van der Waals surface area contributed by atoms with E-state index in [1.165, 1.54) is 0 Å². The summed E-state index contributed by atoms with van der Waals surface area (Å²) in [6.07, 6.45) is 4.69. The van der Waals surface area contributed by atoms with Crippen LogP contribution in [0.1, 0.15) is 18.3 Å². The molecule has 2 aromatic rings. The van der Waals surface area contributed by atoms with Crippen LogP contribution >= 0.6 is 0 Å². The van der Waals surface area contributed by atoms with E-state index < -0.39 is 0 Å². The van der Waals surface area contributed by atoms with Gasteiger partial charge in [0, 0.05) is 12.5 Å². The van der Waals surface area contributed by atoms with Gasteiger partial charge in [0.2, 0.25) is 5.88 Å². The molecule has 0 radical (unpaired) electrons. The lowest BCUT2D eigenvalue weighted by atomic mass is 10.2. The molecule has 0 saturated carbocycles. The Bertz CT molecular complexity index is 553. The summed E-state index contributed by atoms with van der Waals surface area (Å²) in [5, 5.41) is 0. The number of nitrogens with two attached hydrogens (primary N) is 1. The van der Waals surface area contributed by atoms with E-state index in [0.717, 1.165) is 12.0 Å². The SMILES string of the molecule is CCc1nc(N)cc(OC/C=C/c2ccccc2)n1. The molecule has 0 atom stereocenters. The molecule has 0 amide bonds. The number of nitrogens with zero attached hydrogens (tertiary/aromatic N) is 2. The molecule has 0 saturated heterocycles. The molecule has 0 unspecified atom stereocenters. The maximum atomic E-state index is 5.68. The van der Waals surface area contributed by atoms with Crippen molar-refractivity contribution in [3.63, 3.8) is 0 Å². The van der Waals surface area contributed by atoms with Crippen LogP contribution in [0.5, 0.6) is 5.88 Å². The highest BCUT2D eigenvalue weighted by molar-refractivity contribution is 5.48. The standard InChI is InChI=1S/C15H17N3O/c1-2-14-17-13(16)11-15(18-14)19-10-6-9-12-7-4-3-5-8-12/h3-9,11H,2,10H2,1H3,(H2,16,17,18)/b9-6+. The van der Waals surface area contributed by atoms with Crippen molar-refractivity contribution >= 4 is 11.9 Å². The van der Waals surface area contributed by atoms with Crippen molar-refractivity contribution in [1.82, 2.24) is 9.97 Å². The van der Waals surface area contributed by atoms with Crippen LogP contribution in [0, 0.1) is 0 Å². The predicted molar refractivity (Wildman–Crippen MR) is 76.8 cm³/mol. The number of nitrogen functional groups attached to an aromatic ring is 1. The summed E-state index contributed by atoms with van der Waals surface area (Å²) in [5.74, 6) is 1.65. The fourth-order valence-electron chi connectivity index (χ4n) is 1.61. The number of hydrogen-bond acceptors (Lipinski definition) is 4. The Hall–Kier alpha value is -2.36. The number of aryl methyl sites for hydroxylation is 1. The quantitative estimate of drug-likeness (QED) is 0.892. The summed E-state index contributed by atoms with van der Waals surface area (Å²) in [5.41, 5.74) is 6.82. The third-order valence-electron chi connectivity index (χ3n) is 2.52. The third-order valence-corrected chi connectivity index (χ3v) is 2.52. The highest BCUT2D eigenvalue weighted by Gasteiger charge is 2.00. The van der Waals surface area contributed by atoms with E-state index in [1.54, 1.807) is 6.07 Å². The summed E-state index contributed by atoms with van der Waals surface area (Å²) in [6.45, 7) is 2.43. The molecule has 2 N–H and O–H groups in total. The molecule has 98 valence electrons. The first-order chi connectivity index (χ1) is 9.28. The van der Waals surface area contributed by atoms with Crippen molar-refractivity contribution < 1.29 is 4.74 Å². The van der Waals surface area contributed by atoms with Gasteiger partial charge < -0.3 is 10.5 Å². The second-order valence-electron chi connectivity index (χ2n) is 4.02. The number of aromatic nitrogens is 2. The van der Waals surface area contributed by atoms with Gasteiger partial charge in [-0.1, -0.05) is 43.3 Å². The van der Waals surface area contributed by atoms with Gasteiger partial charge in [0.15, 0.2) is 0 Å². The van der Waals surface area contributed by atoms with Gasteiger partial charge in [0.25, 0.3) is 0 Å². The van der Waals surface area contributed by atoms with Crippen LogP contribution in [0.3, 0.4) is 0 Å². The van der Waals surface area contributed by atoms with E-state index >= 15 is 0 Å². The smallest absolute Gasteiger partial charge is 0.219 e. The second kappa shape index (κ2) is 6.54. The highest BCUT2D eigenvalue weighted by Crippen LogP contribution is 2.11. The Kier molecular flexibility index (Phi) is 4.50. The zero-order chi connectivity index (χ0) is 13.5. The van der Waals surface area contributed by atoms with Crippen LogP contribution < -0.4 is 10.5 Å². The zero-order valence-electron chi connectivity index (χ0n) is 10.9. The third kappa shape index (κ3) is 4.10. The molecule has 0 aliphatic rings.